The number of aryl methyl sites for hydroxylation is 1. The lowest BCUT2D eigenvalue weighted by Gasteiger charge is -2.10. The summed E-state index contributed by atoms with van der Waals surface area (Å²) in [5, 5.41) is 19.7. The van der Waals surface area contributed by atoms with Crippen molar-refractivity contribution in [3.63, 3.8) is 0 Å². The van der Waals surface area contributed by atoms with E-state index < -0.39 is 4.92 Å². The average molecular weight is 333 g/mol. The molecule has 0 unspecified atom stereocenters. The molecule has 0 saturated heterocycles. The Labute approximate surface area is 123 Å². The first-order valence-corrected chi connectivity index (χ1v) is 6.43. The van der Waals surface area contributed by atoms with E-state index in [9.17, 15) is 10.1 Å². The highest BCUT2D eigenvalue weighted by Crippen LogP contribution is 2.31. The van der Waals surface area contributed by atoms with Crippen molar-refractivity contribution in [1.82, 2.24) is 0 Å². The minimum Gasteiger partial charge on any atom is -0.456 e. The molecule has 0 amide bonds. The Balaban J connectivity index is 2.36. The van der Waals surface area contributed by atoms with Crippen molar-refractivity contribution in [3.05, 3.63) is 62.1 Å². The largest absolute Gasteiger partial charge is 0.456 e. The number of halogens is 1. The third kappa shape index (κ3) is 2.95. The molecule has 20 heavy (non-hydrogen) atoms. The van der Waals surface area contributed by atoms with Crippen LogP contribution >= 0.6 is 15.9 Å². The predicted molar refractivity (Wildman–Crippen MR) is 76.8 cm³/mol. The number of hydrogen-bond donors (Lipinski definition) is 0. The summed E-state index contributed by atoms with van der Waals surface area (Å²) < 4.78 is 6.43. The van der Waals surface area contributed by atoms with E-state index in [1.807, 2.05) is 6.07 Å². The van der Waals surface area contributed by atoms with E-state index in [-0.39, 0.29) is 5.69 Å². The Morgan fingerprint density at radius 1 is 1.25 bits per heavy atom. The lowest BCUT2D eigenvalue weighted by atomic mass is 10.2. The van der Waals surface area contributed by atoms with Crippen molar-refractivity contribution in [2.75, 3.05) is 0 Å². The van der Waals surface area contributed by atoms with Crippen LogP contribution in [0.25, 0.3) is 0 Å². The van der Waals surface area contributed by atoms with E-state index in [4.69, 9.17) is 10.00 Å². The Morgan fingerprint density at radius 2 is 1.95 bits per heavy atom. The standard InChI is InChI=1S/C14H9BrN2O3/c1-9-6-12(17(18)19)3-5-13(9)20-14-4-2-11(15)7-10(14)8-16/h2-7H,1H3. The quantitative estimate of drug-likeness (QED) is 0.619. The van der Waals surface area contributed by atoms with E-state index in [1.54, 1.807) is 25.1 Å². The van der Waals surface area contributed by atoms with Gasteiger partial charge in [-0.05, 0) is 36.8 Å². The predicted octanol–water partition coefficient (Wildman–Crippen LogP) is 4.33. The Kier molecular flexibility index (Phi) is 4.01. The number of ether oxygens (including phenoxy) is 1. The minimum absolute atomic E-state index is 0.00571. The highest BCUT2D eigenvalue weighted by atomic mass is 79.9. The van der Waals surface area contributed by atoms with Gasteiger partial charge in [0.15, 0.2) is 0 Å². The molecule has 2 aromatic rings. The van der Waals surface area contributed by atoms with Crippen LogP contribution in [-0.2, 0) is 0 Å². The van der Waals surface area contributed by atoms with Crippen LogP contribution in [-0.4, -0.2) is 4.92 Å². The van der Waals surface area contributed by atoms with Crippen LogP contribution < -0.4 is 4.74 Å². The third-order valence-corrected chi connectivity index (χ3v) is 3.14. The molecule has 0 bridgehead atoms. The van der Waals surface area contributed by atoms with Gasteiger partial charge in [-0.25, -0.2) is 0 Å². The van der Waals surface area contributed by atoms with Gasteiger partial charge < -0.3 is 4.74 Å². The fourth-order valence-corrected chi connectivity index (χ4v) is 2.02. The molecule has 0 aromatic heterocycles. The van der Waals surface area contributed by atoms with E-state index in [1.165, 1.54) is 18.2 Å². The van der Waals surface area contributed by atoms with Crippen molar-refractivity contribution in [3.8, 4) is 17.6 Å². The first-order valence-electron chi connectivity index (χ1n) is 5.64. The lowest BCUT2D eigenvalue weighted by molar-refractivity contribution is -0.384. The maximum atomic E-state index is 10.7. The summed E-state index contributed by atoms with van der Waals surface area (Å²) in [7, 11) is 0. The van der Waals surface area contributed by atoms with Gasteiger partial charge in [-0.1, -0.05) is 15.9 Å². The zero-order chi connectivity index (χ0) is 14.7. The van der Waals surface area contributed by atoms with E-state index >= 15 is 0 Å². The van der Waals surface area contributed by atoms with Crippen LogP contribution in [0.1, 0.15) is 11.1 Å². The topological polar surface area (TPSA) is 76.2 Å². The molecule has 6 heteroatoms. The summed E-state index contributed by atoms with van der Waals surface area (Å²) in [6.45, 7) is 1.72. The van der Waals surface area contributed by atoms with Crippen LogP contribution in [0.4, 0.5) is 5.69 Å². The number of benzene rings is 2. The molecule has 0 aliphatic heterocycles. The molecule has 2 rings (SSSR count). The maximum absolute atomic E-state index is 10.7. The fraction of sp³-hybridized carbons (Fsp3) is 0.0714. The van der Waals surface area contributed by atoms with Crippen LogP contribution in [0.3, 0.4) is 0 Å². The van der Waals surface area contributed by atoms with Gasteiger partial charge in [-0.2, -0.15) is 5.26 Å². The minimum atomic E-state index is -0.461. The summed E-state index contributed by atoms with van der Waals surface area (Å²) in [6.07, 6.45) is 0. The van der Waals surface area contributed by atoms with Gasteiger partial charge in [0, 0.05) is 16.6 Å². The molecule has 0 radical (unpaired) electrons. The van der Waals surface area contributed by atoms with Crippen LogP contribution in [0.2, 0.25) is 0 Å². The second kappa shape index (κ2) is 5.72. The molecule has 0 spiro atoms. The molecule has 0 atom stereocenters. The summed E-state index contributed by atoms with van der Waals surface area (Å²) in [5.41, 5.74) is 1.02. The molecular formula is C14H9BrN2O3. The highest BCUT2D eigenvalue weighted by molar-refractivity contribution is 9.10. The van der Waals surface area contributed by atoms with Gasteiger partial charge >= 0.3 is 0 Å². The molecule has 0 fully saturated rings. The summed E-state index contributed by atoms with van der Waals surface area (Å²) in [6, 6.07) is 11.4. The molecule has 0 saturated carbocycles. The summed E-state index contributed by atoms with van der Waals surface area (Å²) in [4.78, 5) is 10.2. The summed E-state index contributed by atoms with van der Waals surface area (Å²) >= 11 is 3.28. The Morgan fingerprint density at radius 3 is 2.55 bits per heavy atom. The van der Waals surface area contributed by atoms with Crippen molar-refractivity contribution in [2.24, 2.45) is 0 Å². The van der Waals surface area contributed by atoms with Crippen molar-refractivity contribution < 1.29 is 9.66 Å². The number of nitriles is 1. The molecule has 0 heterocycles. The van der Waals surface area contributed by atoms with Crippen molar-refractivity contribution in [1.29, 1.82) is 5.26 Å². The SMILES string of the molecule is Cc1cc([N+](=O)[O-])ccc1Oc1ccc(Br)cc1C#N. The van der Waals surface area contributed by atoms with Gasteiger partial charge in [-0.15, -0.1) is 0 Å². The Hall–Kier alpha value is -2.39. The molecule has 0 N–H and O–H groups in total. The lowest BCUT2D eigenvalue weighted by Crippen LogP contribution is -1.93. The fourth-order valence-electron chi connectivity index (χ4n) is 1.66. The number of nitro groups is 1. The van der Waals surface area contributed by atoms with E-state index in [0.717, 1.165) is 4.47 Å². The third-order valence-electron chi connectivity index (χ3n) is 2.65. The second-order valence-corrected chi connectivity index (χ2v) is 4.98. The smallest absolute Gasteiger partial charge is 0.269 e. The highest BCUT2D eigenvalue weighted by Gasteiger charge is 2.11. The van der Waals surface area contributed by atoms with E-state index in [2.05, 4.69) is 15.9 Å². The number of nitro benzene ring substituents is 1. The van der Waals surface area contributed by atoms with Gasteiger partial charge in [-0.3, -0.25) is 10.1 Å². The summed E-state index contributed by atoms with van der Waals surface area (Å²) in [5.74, 6) is 0.891. The number of nitrogens with zero attached hydrogens (tertiary/aromatic N) is 2. The van der Waals surface area contributed by atoms with Gasteiger partial charge in [0.25, 0.3) is 5.69 Å². The number of non-ortho nitro benzene ring substituents is 1. The molecule has 0 aliphatic rings. The molecule has 0 aliphatic carbocycles. The first kappa shape index (κ1) is 14.0. The van der Waals surface area contributed by atoms with Crippen molar-refractivity contribution in [2.45, 2.75) is 6.92 Å². The number of hydrogen-bond acceptors (Lipinski definition) is 4. The first-order chi connectivity index (χ1) is 9.51. The molecular weight excluding hydrogens is 324 g/mol. The van der Waals surface area contributed by atoms with Gasteiger partial charge in [0.2, 0.25) is 0 Å². The Bertz CT molecular complexity index is 723. The zero-order valence-electron chi connectivity index (χ0n) is 10.5. The van der Waals surface area contributed by atoms with Crippen LogP contribution in [0.15, 0.2) is 40.9 Å². The van der Waals surface area contributed by atoms with Crippen LogP contribution in [0, 0.1) is 28.4 Å². The monoisotopic (exact) mass is 332 g/mol. The van der Waals surface area contributed by atoms with E-state index in [0.29, 0.717) is 22.6 Å². The van der Waals surface area contributed by atoms with Crippen molar-refractivity contribution >= 4 is 21.6 Å². The second-order valence-electron chi connectivity index (χ2n) is 4.06. The van der Waals surface area contributed by atoms with Crippen LogP contribution in [0.5, 0.6) is 11.5 Å². The van der Waals surface area contributed by atoms with Gasteiger partial charge in [0.05, 0.1) is 10.5 Å². The average Bonchev–Trinajstić information content (AvgIpc) is 2.42. The maximum Gasteiger partial charge on any atom is 0.269 e. The molecule has 5 nitrogen and oxygen atoms in total. The molecule has 100 valence electrons. The van der Waals surface area contributed by atoms with Gasteiger partial charge in [0.1, 0.15) is 17.6 Å². The normalized spacial score (nSPS) is 9.85. The molecule has 2 aromatic carbocycles. The zero-order valence-corrected chi connectivity index (χ0v) is 12.0. The number of rotatable bonds is 3.